The third-order valence-electron chi connectivity index (χ3n) is 6.27. The average molecular weight is 695 g/mol. The summed E-state index contributed by atoms with van der Waals surface area (Å²) in [5.41, 5.74) is 12.5. The normalized spacial score (nSPS) is 10.1. The molecule has 0 spiro atoms. The molecule has 0 aromatic heterocycles. The zero-order valence-electron chi connectivity index (χ0n) is 35.9. The Labute approximate surface area is 318 Å². The minimum Gasteiger partial charge on any atom is -0.356 e. The van der Waals surface area contributed by atoms with Crippen molar-refractivity contribution in [2.75, 3.05) is 10.6 Å². The number of allylic oxidation sites excluding steroid dienone is 3. The van der Waals surface area contributed by atoms with Gasteiger partial charge in [0.05, 0.1) is 0 Å². The molecule has 0 fully saturated rings. The van der Waals surface area contributed by atoms with E-state index in [4.69, 9.17) is 0 Å². The molecule has 2 nitrogen and oxygen atoms in total. The standard InChI is InChI=1S/C17H15N.C16H15N.8C2H6/c1-13-7-8-15-12-17(10-9-14(15)11-13)18-16-5-3-2-4-6-16;1-12-9-13-7-8-16(11-14(13)10-12)17-15-5-3-2-4-6-15;8*1-2/h2-10,12,18H,1,11H2;2-8,11,17H,1,9-10H2;8*1-2H3. The van der Waals surface area contributed by atoms with Crippen molar-refractivity contribution in [1.82, 2.24) is 0 Å². The van der Waals surface area contributed by atoms with E-state index in [0.717, 1.165) is 42.0 Å². The number of nitrogens with one attached hydrogen (secondary N) is 2. The lowest BCUT2D eigenvalue weighted by molar-refractivity contribution is 1.18. The van der Waals surface area contributed by atoms with Crippen molar-refractivity contribution in [1.29, 1.82) is 0 Å². The van der Waals surface area contributed by atoms with E-state index in [1.54, 1.807) is 0 Å². The third-order valence-corrected chi connectivity index (χ3v) is 6.27. The van der Waals surface area contributed by atoms with Crippen LogP contribution in [0.25, 0.3) is 6.08 Å². The number of benzene rings is 4. The summed E-state index contributed by atoms with van der Waals surface area (Å²) in [7, 11) is 0. The summed E-state index contributed by atoms with van der Waals surface area (Å²) in [6, 6.07) is 33.5. The Balaban J connectivity index is -0.000000312. The predicted molar refractivity (Wildman–Crippen MR) is 242 cm³/mol. The molecule has 0 saturated carbocycles. The van der Waals surface area contributed by atoms with Gasteiger partial charge in [0.1, 0.15) is 0 Å². The fourth-order valence-corrected chi connectivity index (χ4v) is 4.52. The highest BCUT2D eigenvalue weighted by atomic mass is 14.9. The number of rotatable bonds is 4. The van der Waals surface area contributed by atoms with E-state index >= 15 is 0 Å². The summed E-state index contributed by atoms with van der Waals surface area (Å²) in [5, 5.41) is 6.83. The zero-order valence-corrected chi connectivity index (χ0v) is 35.9. The minimum atomic E-state index is 0.956. The molecule has 51 heavy (non-hydrogen) atoms. The van der Waals surface area contributed by atoms with Gasteiger partial charge in [-0.25, -0.2) is 0 Å². The van der Waals surface area contributed by atoms with Crippen LogP contribution in [0.3, 0.4) is 0 Å². The maximum Gasteiger partial charge on any atom is 0.0390 e. The first-order chi connectivity index (χ1) is 25.1. The van der Waals surface area contributed by atoms with Crippen LogP contribution in [0.15, 0.2) is 127 Å². The molecule has 2 aliphatic carbocycles. The molecule has 0 bridgehead atoms. The van der Waals surface area contributed by atoms with Gasteiger partial charge in [0, 0.05) is 22.7 Å². The van der Waals surface area contributed by atoms with Crippen molar-refractivity contribution in [3.8, 4) is 0 Å². The number of anilines is 4. The Morgan fingerprint density at radius 2 is 0.765 bits per heavy atom. The largest absolute Gasteiger partial charge is 0.356 e. The highest BCUT2D eigenvalue weighted by molar-refractivity contribution is 5.69. The molecule has 0 saturated heterocycles. The second kappa shape index (κ2) is 38.5. The smallest absolute Gasteiger partial charge is 0.0390 e. The molecule has 0 amide bonds. The maximum atomic E-state index is 4.06. The molecule has 284 valence electrons. The summed E-state index contributed by atoms with van der Waals surface area (Å²) in [6.45, 7) is 40.1. The quantitative estimate of drug-likeness (QED) is 0.208. The highest BCUT2D eigenvalue weighted by Gasteiger charge is 2.13. The maximum absolute atomic E-state index is 4.06. The number of fused-ring (bicyclic) bond motifs is 2. The predicted octanol–water partition coefficient (Wildman–Crippen LogP) is 16.9. The lowest BCUT2D eigenvalue weighted by Crippen LogP contribution is -1.98. The van der Waals surface area contributed by atoms with Gasteiger partial charge in [-0.05, 0) is 90.0 Å². The van der Waals surface area contributed by atoms with Gasteiger partial charge in [-0.2, -0.15) is 0 Å². The average Bonchev–Trinajstić information content (AvgIpc) is 3.61. The summed E-state index contributed by atoms with van der Waals surface area (Å²) in [5.74, 6) is 0. The molecule has 2 N–H and O–H groups in total. The zero-order chi connectivity index (χ0) is 40.0. The molecule has 0 heterocycles. The van der Waals surface area contributed by atoms with Crippen LogP contribution in [0.2, 0.25) is 0 Å². The van der Waals surface area contributed by atoms with Crippen molar-refractivity contribution in [2.45, 2.75) is 130 Å². The number of hydrogen-bond acceptors (Lipinski definition) is 2. The molecule has 2 heteroatoms. The van der Waals surface area contributed by atoms with Gasteiger partial charge in [0.15, 0.2) is 0 Å². The fraction of sp³-hybridized carbons (Fsp3) is 0.388. The first-order valence-electron chi connectivity index (χ1n) is 20.0. The van der Waals surface area contributed by atoms with Crippen molar-refractivity contribution >= 4 is 28.8 Å². The van der Waals surface area contributed by atoms with Crippen molar-refractivity contribution in [3.05, 3.63) is 150 Å². The van der Waals surface area contributed by atoms with E-state index in [9.17, 15) is 0 Å². The minimum absolute atomic E-state index is 0.956. The first-order valence-corrected chi connectivity index (χ1v) is 20.0. The molecule has 2 aliphatic rings. The lowest BCUT2D eigenvalue weighted by Gasteiger charge is -2.14. The second-order valence-corrected chi connectivity index (χ2v) is 9.15. The Kier molecular flexibility index (Phi) is 40.4. The Hall–Kier alpha value is -4.30. The molecular formula is C49H78N2. The van der Waals surface area contributed by atoms with Crippen LogP contribution in [0.5, 0.6) is 0 Å². The van der Waals surface area contributed by atoms with E-state index in [-0.39, 0.29) is 0 Å². The molecule has 0 aliphatic heterocycles. The van der Waals surface area contributed by atoms with Crippen molar-refractivity contribution in [2.24, 2.45) is 0 Å². The Bertz CT molecular complexity index is 1380. The van der Waals surface area contributed by atoms with Gasteiger partial charge < -0.3 is 10.6 Å². The van der Waals surface area contributed by atoms with Crippen molar-refractivity contribution < 1.29 is 0 Å². The fourth-order valence-electron chi connectivity index (χ4n) is 4.52. The van der Waals surface area contributed by atoms with Crippen LogP contribution in [-0.4, -0.2) is 0 Å². The van der Waals surface area contributed by atoms with Gasteiger partial charge >= 0.3 is 0 Å². The SMILES string of the molecule is C=C1C=Cc2cc(Nc3ccccc3)ccc2C1.C=C1Cc2ccc(Nc3ccccc3)cc2C1.CC.CC.CC.CC.CC.CC.CC.CC. The Morgan fingerprint density at radius 3 is 1.22 bits per heavy atom. The van der Waals surface area contributed by atoms with Crippen LogP contribution >= 0.6 is 0 Å². The molecule has 4 aromatic rings. The van der Waals surface area contributed by atoms with E-state index in [2.05, 4.69) is 96.6 Å². The van der Waals surface area contributed by atoms with Crippen molar-refractivity contribution in [3.63, 3.8) is 0 Å². The molecule has 0 unspecified atom stereocenters. The topological polar surface area (TPSA) is 24.1 Å². The number of para-hydroxylation sites is 2. The molecule has 6 rings (SSSR count). The van der Waals surface area contributed by atoms with Crippen LogP contribution < -0.4 is 10.6 Å². The molecule has 0 atom stereocenters. The highest BCUT2D eigenvalue weighted by Crippen LogP contribution is 2.29. The van der Waals surface area contributed by atoms with E-state index in [0.29, 0.717) is 0 Å². The van der Waals surface area contributed by atoms with Crippen LogP contribution in [0, 0.1) is 0 Å². The molecule has 0 radical (unpaired) electrons. The summed E-state index contributed by atoms with van der Waals surface area (Å²) < 4.78 is 0. The lowest BCUT2D eigenvalue weighted by atomic mass is 9.94. The van der Waals surface area contributed by atoms with E-state index in [1.165, 1.54) is 33.4 Å². The summed E-state index contributed by atoms with van der Waals surface area (Å²) >= 11 is 0. The number of hydrogen-bond donors (Lipinski definition) is 2. The van der Waals surface area contributed by atoms with Gasteiger partial charge in [0.2, 0.25) is 0 Å². The van der Waals surface area contributed by atoms with Crippen LogP contribution in [0.1, 0.15) is 133 Å². The van der Waals surface area contributed by atoms with E-state index < -0.39 is 0 Å². The van der Waals surface area contributed by atoms with Gasteiger partial charge in [-0.15, -0.1) is 0 Å². The second-order valence-electron chi connectivity index (χ2n) is 9.15. The van der Waals surface area contributed by atoms with Crippen LogP contribution in [-0.2, 0) is 19.3 Å². The van der Waals surface area contributed by atoms with Gasteiger partial charge in [-0.1, -0.05) is 196 Å². The third kappa shape index (κ3) is 22.2. The monoisotopic (exact) mass is 695 g/mol. The van der Waals surface area contributed by atoms with Gasteiger partial charge in [-0.3, -0.25) is 0 Å². The van der Waals surface area contributed by atoms with Crippen LogP contribution in [0.4, 0.5) is 22.7 Å². The summed E-state index contributed by atoms with van der Waals surface area (Å²) in [6.07, 6.45) is 7.25. The van der Waals surface area contributed by atoms with E-state index in [1.807, 2.05) is 147 Å². The Morgan fingerprint density at radius 1 is 0.373 bits per heavy atom. The molecule has 4 aromatic carbocycles. The summed E-state index contributed by atoms with van der Waals surface area (Å²) in [4.78, 5) is 0. The van der Waals surface area contributed by atoms with Gasteiger partial charge in [0.25, 0.3) is 0 Å². The first kappa shape index (κ1) is 53.5. The molecular weight excluding hydrogens is 617 g/mol.